The van der Waals surface area contributed by atoms with E-state index in [2.05, 4.69) is 33.0 Å². The van der Waals surface area contributed by atoms with Gasteiger partial charge in [-0.25, -0.2) is 0 Å². The van der Waals surface area contributed by atoms with E-state index in [1.807, 2.05) is 6.92 Å². The molecule has 3 N–H and O–H groups in total. The quantitative estimate of drug-likeness (QED) is 0.873. The number of nitrogens with two attached hydrogens (primary N) is 1. The van der Waals surface area contributed by atoms with Crippen LogP contribution in [-0.2, 0) is 11.8 Å². The van der Waals surface area contributed by atoms with Crippen molar-refractivity contribution in [2.45, 2.75) is 52.9 Å². The molecule has 0 fully saturated rings. The van der Waals surface area contributed by atoms with Crippen molar-refractivity contribution in [3.8, 4) is 0 Å². The Morgan fingerprint density at radius 1 is 1.37 bits per heavy atom. The van der Waals surface area contributed by atoms with E-state index in [0.29, 0.717) is 11.5 Å². The average molecular weight is 280 g/mol. The lowest BCUT2D eigenvalue weighted by molar-refractivity contribution is 0.0955. The Hall–Kier alpha value is -1.03. The van der Waals surface area contributed by atoms with Crippen molar-refractivity contribution in [3.63, 3.8) is 0 Å². The van der Waals surface area contributed by atoms with Crippen molar-refractivity contribution in [1.82, 2.24) is 5.32 Å². The molecule has 1 heterocycles. The summed E-state index contributed by atoms with van der Waals surface area (Å²) in [5.74, 6) is -0.0222. The minimum atomic E-state index is -0.0222. The minimum absolute atomic E-state index is 0.0222. The maximum atomic E-state index is 12.2. The fraction of sp³-hybridized carbons (Fsp3) is 0.667. The number of carbonyl (C=O) groups excluding carboxylic acids is 1. The van der Waals surface area contributed by atoms with E-state index in [0.717, 1.165) is 18.4 Å². The first-order valence-electron chi connectivity index (χ1n) is 6.88. The molecular formula is C15H24N2OS. The standard InChI is InChI=1S/C15H24N2OS/c1-6-17-13(18)10-9-7-14(2,3)8-15(4,5)11(9)19-12(10)16/h6-8,16H2,1-5H3,(H,17,18). The number of thiophene rings is 1. The highest BCUT2D eigenvalue weighted by atomic mass is 32.1. The molecule has 0 bridgehead atoms. The predicted octanol–water partition coefficient (Wildman–Crippen LogP) is 3.33. The third-order valence-corrected chi connectivity index (χ3v) is 5.22. The van der Waals surface area contributed by atoms with Crippen LogP contribution < -0.4 is 11.1 Å². The van der Waals surface area contributed by atoms with E-state index >= 15 is 0 Å². The van der Waals surface area contributed by atoms with Crippen molar-refractivity contribution >= 4 is 22.2 Å². The highest BCUT2D eigenvalue weighted by molar-refractivity contribution is 7.16. The molecule has 0 aliphatic heterocycles. The first-order valence-corrected chi connectivity index (χ1v) is 7.69. The van der Waals surface area contributed by atoms with Crippen LogP contribution in [0.15, 0.2) is 0 Å². The van der Waals surface area contributed by atoms with Gasteiger partial charge in [0, 0.05) is 11.4 Å². The summed E-state index contributed by atoms with van der Waals surface area (Å²) in [6.45, 7) is 11.6. The van der Waals surface area contributed by atoms with Gasteiger partial charge in [0.05, 0.1) is 10.6 Å². The van der Waals surface area contributed by atoms with E-state index in [1.54, 1.807) is 11.3 Å². The van der Waals surface area contributed by atoms with Gasteiger partial charge in [0.2, 0.25) is 0 Å². The number of rotatable bonds is 2. The van der Waals surface area contributed by atoms with Crippen molar-refractivity contribution in [2.24, 2.45) is 5.41 Å². The lowest BCUT2D eigenvalue weighted by atomic mass is 9.65. The molecular weight excluding hydrogens is 256 g/mol. The second-order valence-electron chi connectivity index (χ2n) is 6.91. The van der Waals surface area contributed by atoms with Crippen LogP contribution in [0.4, 0.5) is 5.00 Å². The van der Waals surface area contributed by atoms with Crippen molar-refractivity contribution in [3.05, 3.63) is 16.0 Å². The number of fused-ring (bicyclic) bond motifs is 1. The van der Waals surface area contributed by atoms with Crippen molar-refractivity contribution < 1.29 is 4.79 Å². The molecule has 1 aromatic heterocycles. The van der Waals surface area contributed by atoms with Gasteiger partial charge in [-0.2, -0.15) is 0 Å². The monoisotopic (exact) mass is 280 g/mol. The molecule has 19 heavy (non-hydrogen) atoms. The van der Waals surface area contributed by atoms with E-state index in [4.69, 9.17) is 5.73 Å². The smallest absolute Gasteiger partial charge is 0.254 e. The molecule has 4 heteroatoms. The number of carbonyl (C=O) groups is 1. The Balaban J connectivity index is 2.56. The Labute approximate surface area is 119 Å². The van der Waals surface area contributed by atoms with Gasteiger partial charge < -0.3 is 11.1 Å². The Morgan fingerprint density at radius 2 is 2.00 bits per heavy atom. The highest BCUT2D eigenvalue weighted by Crippen LogP contribution is 2.51. The second-order valence-corrected chi connectivity index (χ2v) is 7.96. The van der Waals surface area contributed by atoms with Crippen LogP contribution in [0.1, 0.15) is 61.8 Å². The van der Waals surface area contributed by atoms with Gasteiger partial charge >= 0.3 is 0 Å². The molecule has 0 saturated carbocycles. The summed E-state index contributed by atoms with van der Waals surface area (Å²) in [4.78, 5) is 13.5. The first-order chi connectivity index (χ1) is 8.68. The van der Waals surface area contributed by atoms with E-state index < -0.39 is 0 Å². The molecule has 1 amide bonds. The molecule has 106 valence electrons. The maximum absolute atomic E-state index is 12.2. The van der Waals surface area contributed by atoms with Gasteiger partial charge in [0.25, 0.3) is 5.91 Å². The number of hydrogen-bond donors (Lipinski definition) is 2. The molecule has 0 unspecified atom stereocenters. The molecule has 0 aromatic carbocycles. The predicted molar refractivity (Wildman–Crippen MR) is 81.9 cm³/mol. The molecule has 1 aliphatic carbocycles. The van der Waals surface area contributed by atoms with Crippen molar-refractivity contribution in [1.29, 1.82) is 0 Å². The molecule has 0 atom stereocenters. The third kappa shape index (κ3) is 2.50. The summed E-state index contributed by atoms with van der Waals surface area (Å²) in [6.07, 6.45) is 2.06. The van der Waals surface area contributed by atoms with Crippen LogP contribution in [0.3, 0.4) is 0 Å². The fourth-order valence-corrected chi connectivity index (χ4v) is 4.70. The third-order valence-electron chi connectivity index (χ3n) is 3.79. The SMILES string of the molecule is CCNC(=O)c1c(N)sc2c1CC(C)(C)CC2(C)C. The molecule has 0 spiro atoms. The topological polar surface area (TPSA) is 55.1 Å². The maximum Gasteiger partial charge on any atom is 0.254 e. The molecule has 2 rings (SSSR count). The molecule has 0 saturated heterocycles. The first kappa shape index (κ1) is 14.4. The molecule has 3 nitrogen and oxygen atoms in total. The van der Waals surface area contributed by atoms with Crippen LogP contribution in [0, 0.1) is 5.41 Å². The number of nitrogens with one attached hydrogen (secondary N) is 1. The number of amides is 1. The summed E-state index contributed by atoms with van der Waals surface area (Å²) in [5.41, 5.74) is 8.33. The van der Waals surface area contributed by atoms with Crippen LogP contribution in [0.2, 0.25) is 0 Å². The highest BCUT2D eigenvalue weighted by Gasteiger charge is 2.41. The lowest BCUT2D eigenvalue weighted by Crippen LogP contribution is -2.35. The van der Waals surface area contributed by atoms with Gasteiger partial charge in [0.15, 0.2) is 0 Å². The summed E-state index contributed by atoms with van der Waals surface area (Å²) in [7, 11) is 0. The zero-order valence-corrected chi connectivity index (χ0v) is 13.3. The second kappa shape index (κ2) is 4.51. The average Bonchev–Trinajstić information content (AvgIpc) is 2.53. The molecule has 1 aliphatic rings. The molecule has 0 radical (unpaired) electrons. The summed E-state index contributed by atoms with van der Waals surface area (Å²) >= 11 is 1.60. The van der Waals surface area contributed by atoms with Gasteiger partial charge in [-0.15, -0.1) is 11.3 Å². The van der Waals surface area contributed by atoms with Crippen LogP contribution in [0.25, 0.3) is 0 Å². The summed E-state index contributed by atoms with van der Waals surface area (Å²) in [6, 6.07) is 0. The number of nitrogen functional groups attached to an aromatic ring is 1. The van der Waals surface area contributed by atoms with Gasteiger partial charge in [0.1, 0.15) is 0 Å². The van der Waals surface area contributed by atoms with Gasteiger partial charge in [-0.05, 0) is 36.2 Å². The van der Waals surface area contributed by atoms with Crippen LogP contribution >= 0.6 is 11.3 Å². The zero-order chi connectivity index (χ0) is 14.4. The molecule has 1 aromatic rings. The Bertz CT molecular complexity index is 514. The van der Waals surface area contributed by atoms with E-state index in [-0.39, 0.29) is 16.7 Å². The summed E-state index contributed by atoms with van der Waals surface area (Å²) < 4.78 is 0. The zero-order valence-electron chi connectivity index (χ0n) is 12.5. The van der Waals surface area contributed by atoms with E-state index in [1.165, 1.54) is 10.4 Å². The lowest BCUT2D eigenvalue weighted by Gasteiger charge is -2.40. The Kier molecular flexibility index (Phi) is 3.42. The van der Waals surface area contributed by atoms with Crippen LogP contribution in [0.5, 0.6) is 0 Å². The van der Waals surface area contributed by atoms with Gasteiger partial charge in [-0.3, -0.25) is 4.79 Å². The number of hydrogen-bond acceptors (Lipinski definition) is 3. The van der Waals surface area contributed by atoms with Gasteiger partial charge in [-0.1, -0.05) is 27.7 Å². The Morgan fingerprint density at radius 3 is 2.58 bits per heavy atom. The minimum Gasteiger partial charge on any atom is -0.390 e. The van der Waals surface area contributed by atoms with E-state index in [9.17, 15) is 4.79 Å². The normalized spacial score (nSPS) is 19.8. The van der Waals surface area contributed by atoms with Crippen LogP contribution in [-0.4, -0.2) is 12.5 Å². The number of anilines is 1. The van der Waals surface area contributed by atoms with Crippen molar-refractivity contribution in [2.75, 3.05) is 12.3 Å². The summed E-state index contributed by atoms with van der Waals surface area (Å²) in [5, 5.41) is 3.55. The fourth-order valence-electron chi connectivity index (χ4n) is 3.52. The largest absolute Gasteiger partial charge is 0.390 e.